The molecule has 2 aliphatic rings. The van der Waals surface area contributed by atoms with Gasteiger partial charge in [0.05, 0.1) is 0 Å². The van der Waals surface area contributed by atoms with E-state index >= 15 is 0 Å². The van der Waals surface area contributed by atoms with Crippen LogP contribution >= 0.6 is 0 Å². The third-order valence-corrected chi connectivity index (χ3v) is 4.98. The zero-order chi connectivity index (χ0) is 13.5. The first kappa shape index (κ1) is 15.3. The van der Waals surface area contributed by atoms with Gasteiger partial charge in [0.25, 0.3) is 0 Å². The molecular weight excluding hydrogens is 232 g/mol. The Bertz CT molecular complexity index is 229. The molecule has 1 atom stereocenters. The average Bonchev–Trinajstić information content (AvgIpc) is 3.26. The molecule has 0 bridgehead atoms. The van der Waals surface area contributed by atoms with Crippen molar-refractivity contribution in [1.82, 2.24) is 10.6 Å². The minimum Gasteiger partial charge on any atom is -0.313 e. The highest BCUT2D eigenvalue weighted by molar-refractivity contribution is 4.83. The zero-order valence-electron chi connectivity index (χ0n) is 13.1. The average molecular weight is 266 g/mol. The fourth-order valence-electron chi connectivity index (χ4n) is 3.29. The molecule has 0 spiro atoms. The molecule has 0 aromatic carbocycles. The first-order valence-electron chi connectivity index (χ1n) is 8.74. The second-order valence-electron chi connectivity index (χ2n) is 7.02. The van der Waals surface area contributed by atoms with Gasteiger partial charge in [-0.25, -0.2) is 0 Å². The van der Waals surface area contributed by atoms with Gasteiger partial charge in [-0.15, -0.1) is 0 Å². The summed E-state index contributed by atoms with van der Waals surface area (Å²) in [6, 6.07) is 1.48. The molecule has 0 heterocycles. The molecule has 0 radical (unpaired) electrons. The fourth-order valence-corrected chi connectivity index (χ4v) is 3.29. The second-order valence-corrected chi connectivity index (χ2v) is 7.02. The summed E-state index contributed by atoms with van der Waals surface area (Å²) < 4.78 is 0. The fraction of sp³-hybridized carbons (Fsp3) is 1.00. The molecule has 0 aromatic heterocycles. The molecule has 0 saturated heterocycles. The lowest BCUT2D eigenvalue weighted by Crippen LogP contribution is -2.40. The SMILES string of the molecule is CCCCC1CCC(CNC(C)CNC2CC2)CC1. The number of rotatable bonds is 9. The number of hydrogen-bond acceptors (Lipinski definition) is 2. The molecule has 2 nitrogen and oxygen atoms in total. The summed E-state index contributed by atoms with van der Waals surface area (Å²) in [7, 11) is 0. The Morgan fingerprint density at radius 1 is 1.00 bits per heavy atom. The third kappa shape index (κ3) is 6.27. The van der Waals surface area contributed by atoms with Crippen molar-refractivity contribution in [2.24, 2.45) is 11.8 Å². The lowest BCUT2D eigenvalue weighted by atomic mass is 9.80. The maximum atomic E-state index is 3.73. The van der Waals surface area contributed by atoms with E-state index in [2.05, 4.69) is 24.5 Å². The Hall–Kier alpha value is -0.0800. The van der Waals surface area contributed by atoms with Gasteiger partial charge in [-0.3, -0.25) is 0 Å². The van der Waals surface area contributed by atoms with Crippen molar-refractivity contribution in [2.75, 3.05) is 13.1 Å². The molecule has 2 fully saturated rings. The molecule has 1 unspecified atom stereocenters. The lowest BCUT2D eigenvalue weighted by Gasteiger charge is -2.29. The van der Waals surface area contributed by atoms with Crippen LogP contribution in [0.25, 0.3) is 0 Å². The normalized spacial score (nSPS) is 29.4. The van der Waals surface area contributed by atoms with Gasteiger partial charge in [0.15, 0.2) is 0 Å². The summed E-state index contributed by atoms with van der Waals surface area (Å²) in [4.78, 5) is 0. The molecule has 2 saturated carbocycles. The number of unbranched alkanes of at least 4 members (excludes halogenated alkanes) is 1. The van der Waals surface area contributed by atoms with Crippen LogP contribution in [0.3, 0.4) is 0 Å². The van der Waals surface area contributed by atoms with Gasteiger partial charge in [-0.1, -0.05) is 39.0 Å². The van der Waals surface area contributed by atoms with Crippen LogP contribution in [0.5, 0.6) is 0 Å². The van der Waals surface area contributed by atoms with Gasteiger partial charge in [-0.2, -0.15) is 0 Å². The quantitative estimate of drug-likeness (QED) is 0.665. The maximum Gasteiger partial charge on any atom is 0.0164 e. The van der Waals surface area contributed by atoms with E-state index in [0.29, 0.717) is 6.04 Å². The Morgan fingerprint density at radius 3 is 2.32 bits per heavy atom. The van der Waals surface area contributed by atoms with Crippen molar-refractivity contribution in [2.45, 2.75) is 83.7 Å². The summed E-state index contributed by atoms with van der Waals surface area (Å²) in [5, 5.41) is 7.34. The predicted octanol–water partition coefficient (Wildman–Crippen LogP) is 3.71. The van der Waals surface area contributed by atoms with E-state index < -0.39 is 0 Å². The number of hydrogen-bond donors (Lipinski definition) is 2. The summed E-state index contributed by atoms with van der Waals surface area (Å²) >= 11 is 0. The van der Waals surface area contributed by atoms with Gasteiger partial charge in [0.2, 0.25) is 0 Å². The van der Waals surface area contributed by atoms with E-state index in [4.69, 9.17) is 0 Å². The number of nitrogens with one attached hydrogen (secondary N) is 2. The Morgan fingerprint density at radius 2 is 1.68 bits per heavy atom. The Balaban J connectivity index is 1.49. The van der Waals surface area contributed by atoms with Crippen LogP contribution in [0.2, 0.25) is 0 Å². The molecular formula is C17H34N2. The Labute approximate surface area is 120 Å². The van der Waals surface area contributed by atoms with Crippen LogP contribution in [-0.4, -0.2) is 25.2 Å². The van der Waals surface area contributed by atoms with E-state index in [1.807, 2.05) is 0 Å². The van der Waals surface area contributed by atoms with Gasteiger partial charge >= 0.3 is 0 Å². The predicted molar refractivity (Wildman–Crippen MR) is 83.5 cm³/mol. The largest absolute Gasteiger partial charge is 0.313 e. The van der Waals surface area contributed by atoms with Gasteiger partial charge < -0.3 is 10.6 Å². The first-order chi connectivity index (χ1) is 9.28. The molecule has 2 N–H and O–H groups in total. The summed E-state index contributed by atoms with van der Waals surface area (Å²) in [5.41, 5.74) is 0. The minimum atomic E-state index is 0.637. The van der Waals surface area contributed by atoms with Crippen LogP contribution in [0.1, 0.15) is 71.6 Å². The highest BCUT2D eigenvalue weighted by atomic mass is 15.0. The smallest absolute Gasteiger partial charge is 0.0164 e. The summed E-state index contributed by atoms with van der Waals surface area (Å²) in [5.74, 6) is 1.99. The van der Waals surface area contributed by atoms with Gasteiger partial charge in [0.1, 0.15) is 0 Å². The highest BCUT2D eigenvalue weighted by Gasteiger charge is 2.22. The van der Waals surface area contributed by atoms with E-state index in [1.165, 1.54) is 64.3 Å². The van der Waals surface area contributed by atoms with E-state index in [1.54, 1.807) is 0 Å². The molecule has 0 aromatic rings. The van der Waals surface area contributed by atoms with Crippen molar-refractivity contribution in [3.8, 4) is 0 Å². The van der Waals surface area contributed by atoms with E-state index in [-0.39, 0.29) is 0 Å². The zero-order valence-corrected chi connectivity index (χ0v) is 13.1. The van der Waals surface area contributed by atoms with Gasteiger partial charge in [-0.05, 0) is 51.0 Å². The van der Waals surface area contributed by atoms with Crippen molar-refractivity contribution >= 4 is 0 Å². The van der Waals surface area contributed by atoms with Crippen LogP contribution in [-0.2, 0) is 0 Å². The maximum absolute atomic E-state index is 3.73. The van der Waals surface area contributed by atoms with Crippen LogP contribution in [0.15, 0.2) is 0 Å². The van der Waals surface area contributed by atoms with Crippen molar-refractivity contribution in [1.29, 1.82) is 0 Å². The molecule has 2 aliphatic carbocycles. The van der Waals surface area contributed by atoms with Gasteiger partial charge in [0, 0.05) is 18.6 Å². The molecule has 19 heavy (non-hydrogen) atoms. The molecule has 2 heteroatoms. The van der Waals surface area contributed by atoms with Crippen molar-refractivity contribution in [3.63, 3.8) is 0 Å². The first-order valence-corrected chi connectivity index (χ1v) is 8.74. The lowest BCUT2D eigenvalue weighted by molar-refractivity contribution is 0.249. The molecule has 0 aliphatic heterocycles. The minimum absolute atomic E-state index is 0.637. The standard InChI is InChI=1S/C17H34N2/c1-3-4-5-15-6-8-16(9-7-15)13-18-14(2)12-19-17-10-11-17/h14-19H,3-13H2,1-2H3. The summed E-state index contributed by atoms with van der Waals surface area (Å²) in [6.45, 7) is 7.03. The molecule has 112 valence electrons. The van der Waals surface area contributed by atoms with Crippen LogP contribution in [0, 0.1) is 11.8 Å². The van der Waals surface area contributed by atoms with Crippen molar-refractivity contribution < 1.29 is 0 Å². The Kier molecular flexibility index (Phi) is 6.66. The monoisotopic (exact) mass is 266 g/mol. The molecule has 2 rings (SSSR count). The van der Waals surface area contributed by atoms with E-state index in [0.717, 1.165) is 24.4 Å². The van der Waals surface area contributed by atoms with Crippen LogP contribution < -0.4 is 10.6 Å². The highest BCUT2D eigenvalue weighted by Crippen LogP contribution is 2.31. The third-order valence-electron chi connectivity index (χ3n) is 4.98. The van der Waals surface area contributed by atoms with Crippen molar-refractivity contribution in [3.05, 3.63) is 0 Å². The summed E-state index contributed by atoms with van der Waals surface area (Å²) in [6.07, 6.45) is 13.0. The van der Waals surface area contributed by atoms with E-state index in [9.17, 15) is 0 Å². The van der Waals surface area contributed by atoms with Crippen LogP contribution in [0.4, 0.5) is 0 Å². The molecule has 0 amide bonds. The topological polar surface area (TPSA) is 24.1 Å². The second kappa shape index (κ2) is 8.26.